The van der Waals surface area contributed by atoms with Crippen LogP contribution in [0.5, 0.6) is 5.75 Å². The summed E-state index contributed by atoms with van der Waals surface area (Å²) in [5.41, 5.74) is 2.29. The van der Waals surface area contributed by atoms with Crippen LogP contribution in [0.3, 0.4) is 0 Å². The minimum absolute atomic E-state index is 0.0627. The zero-order valence-corrected chi connectivity index (χ0v) is 18.3. The molecule has 0 aromatic heterocycles. The van der Waals surface area contributed by atoms with Crippen LogP contribution in [0.4, 0.5) is 5.69 Å². The number of hydrogen-bond acceptors (Lipinski definition) is 4. The molecule has 7 heteroatoms. The fraction of sp³-hybridized carbons (Fsp3) is 0.409. The summed E-state index contributed by atoms with van der Waals surface area (Å²) in [6, 6.07) is 14.8. The van der Waals surface area contributed by atoms with Crippen molar-refractivity contribution in [1.82, 2.24) is 5.32 Å². The van der Waals surface area contributed by atoms with Crippen LogP contribution in [0.1, 0.15) is 44.9 Å². The highest BCUT2D eigenvalue weighted by molar-refractivity contribution is 7.92. The lowest BCUT2D eigenvalue weighted by Crippen LogP contribution is -2.50. The number of nitrogens with one attached hydrogen (secondary N) is 1. The van der Waals surface area contributed by atoms with Gasteiger partial charge >= 0.3 is 0 Å². The Hall–Kier alpha value is -2.54. The van der Waals surface area contributed by atoms with Crippen molar-refractivity contribution in [2.45, 2.75) is 45.3 Å². The first-order valence-electron chi connectivity index (χ1n) is 9.61. The van der Waals surface area contributed by atoms with Crippen molar-refractivity contribution in [1.29, 1.82) is 0 Å². The molecule has 1 amide bonds. The number of fused-ring (bicyclic) bond motifs is 1. The van der Waals surface area contributed by atoms with Crippen LogP contribution in [0.2, 0.25) is 0 Å². The molecule has 0 unspecified atom stereocenters. The number of benzene rings is 2. The second kappa shape index (κ2) is 7.71. The molecule has 2 aromatic carbocycles. The molecular weight excluding hydrogens is 388 g/mol. The van der Waals surface area contributed by atoms with Gasteiger partial charge in [0, 0.05) is 0 Å². The molecule has 156 valence electrons. The van der Waals surface area contributed by atoms with Gasteiger partial charge in [0.05, 0.1) is 24.5 Å². The summed E-state index contributed by atoms with van der Waals surface area (Å²) >= 11 is 0. The van der Waals surface area contributed by atoms with E-state index >= 15 is 0 Å². The van der Waals surface area contributed by atoms with Gasteiger partial charge in [-0.2, -0.15) is 0 Å². The third-order valence-corrected chi connectivity index (χ3v) is 6.19. The Morgan fingerprint density at radius 3 is 2.41 bits per heavy atom. The van der Waals surface area contributed by atoms with Crippen molar-refractivity contribution >= 4 is 21.6 Å². The minimum Gasteiger partial charge on any atom is -0.476 e. The maximum Gasteiger partial charge on any atom is 0.263 e. The molecule has 0 bridgehead atoms. The van der Waals surface area contributed by atoms with Crippen LogP contribution < -0.4 is 14.4 Å². The van der Waals surface area contributed by atoms with E-state index < -0.39 is 16.1 Å². The van der Waals surface area contributed by atoms with E-state index in [1.807, 2.05) is 49.4 Å². The van der Waals surface area contributed by atoms with E-state index in [1.165, 1.54) is 4.31 Å². The molecule has 3 rings (SSSR count). The van der Waals surface area contributed by atoms with Gasteiger partial charge in [0.2, 0.25) is 10.0 Å². The zero-order valence-electron chi connectivity index (χ0n) is 17.5. The summed E-state index contributed by atoms with van der Waals surface area (Å²) in [7, 11) is -3.58. The highest BCUT2D eigenvalue weighted by Gasteiger charge is 2.36. The number of carbonyl (C=O) groups is 1. The molecule has 1 aliphatic heterocycles. The first kappa shape index (κ1) is 21.2. The molecule has 1 aliphatic rings. The van der Waals surface area contributed by atoms with Crippen molar-refractivity contribution < 1.29 is 17.9 Å². The SMILES string of the molecule is C[C@@H](NC(=O)[C@H]1CN(S(C)(=O)=O)c2cc(C(C)(C)C)ccc2O1)c1ccccc1. The van der Waals surface area contributed by atoms with Crippen LogP contribution in [-0.4, -0.2) is 33.2 Å². The Kier molecular flexibility index (Phi) is 5.63. The van der Waals surface area contributed by atoms with Gasteiger partial charge in [0.15, 0.2) is 6.10 Å². The van der Waals surface area contributed by atoms with E-state index in [0.717, 1.165) is 17.4 Å². The number of rotatable bonds is 4. The van der Waals surface area contributed by atoms with Crippen LogP contribution in [-0.2, 0) is 20.2 Å². The lowest BCUT2D eigenvalue weighted by Gasteiger charge is -2.35. The number of ether oxygens (including phenoxy) is 1. The van der Waals surface area contributed by atoms with Crippen LogP contribution in [0.25, 0.3) is 0 Å². The molecule has 2 atom stereocenters. The Labute approximate surface area is 172 Å². The quantitative estimate of drug-likeness (QED) is 0.829. The third-order valence-electron chi connectivity index (χ3n) is 5.05. The van der Waals surface area contributed by atoms with Gasteiger partial charge in [0.25, 0.3) is 5.91 Å². The molecule has 0 saturated heterocycles. The molecule has 1 heterocycles. The molecule has 1 N–H and O–H groups in total. The smallest absolute Gasteiger partial charge is 0.263 e. The first-order chi connectivity index (χ1) is 13.5. The van der Waals surface area contributed by atoms with Gasteiger partial charge in [-0.15, -0.1) is 0 Å². The number of anilines is 1. The van der Waals surface area contributed by atoms with Gasteiger partial charge < -0.3 is 10.1 Å². The molecule has 0 spiro atoms. The fourth-order valence-corrected chi connectivity index (χ4v) is 4.21. The van der Waals surface area contributed by atoms with Crippen molar-refractivity contribution in [2.75, 3.05) is 17.1 Å². The second-order valence-electron chi connectivity index (χ2n) is 8.47. The Morgan fingerprint density at radius 1 is 1.17 bits per heavy atom. The minimum atomic E-state index is -3.58. The Bertz CT molecular complexity index is 997. The van der Waals surface area contributed by atoms with Crippen LogP contribution in [0.15, 0.2) is 48.5 Å². The zero-order chi connectivity index (χ0) is 21.4. The normalized spacial score (nSPS) is 17.8. The number of nitrogens with zero attached hydrogens (tertiary/aromatic N) is 1. The van der Waals surface area contributed by atoms with E-state index in [0.29, 0.717) is 11.4 Å². The summed E-state index contributed by atoms with van der Waals surface area (Å²) in [4.78, 5) is 12.8. The number of hydrogen-bond donors (Lipinski definition) is 1. The van der Waals surface area contributed by atoms with E-state index in [9.17, 15) is 13.2 Å². The summed E-state index contributed by atoms with van der Waals surface area (Å²) in [6.45, 7) is 8.00. The third kappa shape index (κ3) is 4.72. The van der Waals surface area contributed by atoms with E-state index in [4.69, 9.17) is 4.74 Å². The molecular formula is C22H28N2O4S. The average Bonchev–Trinajstić information content (AvgIpc) is 2.65. The topological polar surface area (TPSA) is 75.7 Å². The summed E-state index contributed by atoms with van der Waals surface area (Å²) < 4.78 is 32.1. The predicted octanol–water partition coefficient (Wildman–Crippen LogP) is 3.39. The lowest BCUT2D eigenvalue weighted by molar-refractivity contribution is -0.128. The molecule has 0 radical (unpaired) electrons. The largest absolute Gasteiger partial charge is 0.476 e. The van der Waals surface area contributed by atoms with Crippen LogP contribution in [0, 0.1) is 0 Å². The number of sulfonamides is 1. The molecule has 6 nitrogen and oxygen atoms in total. The highest BCUT2D eigenvalue weighted by atomic mass is 32.2. The Morgan fingerprint density at radius 2 is 1.83 bits per heavy atom. The maximum atomic E-state index is 12.8. The molecule has 0 aliphatic carbocycles. The fourth-order valence-electron chi connectivity index (χ4n) is 3.30. The maximum absolute atomic E-state index is 12.8. The van der Waals surface area contributed by atoms with Crippen molar-refractivity contribution in [2.24, 2.45) is 0 Å². The standard InChI is InChI=1S/C22H28N2O4S/c1-15(16-9-7-6-8-10-16)23-21(25)20-14-24(29(5,26)27)18-13-17(22(2,3)4)11-12-19(18)28-20/h6-13,15,20H,14H2,1-5H3,(H,23,25)/t15-,20-/m1/s1. The molecule has 29 heavy (non-hydrogen) atoms. The average molecular weight is 417 g/mol. The molecule has 2 aromatic rings. The van der Waals surface area contributed by atoms with Crippen molar-refractivity contribution in [3.8, 4) is 5.75 Å². The van der Waals surface area contributed by atoms with Crippen molar-refractivity contribution in [3.05, 3.63) is 59.7 Å². The van der Waals surface area contributed by atoms with Gasteiger partial charge in [-0.25, -0.2) is 8.42 Å². The number of amides is 1. The van der Waals surface area contributed by atoms with Crippen molar-refractivity contribution in [3.63, 3.8) is 0 Å². The van der Waals surface area contributed by atoms with Gasteiger partial charge in [-0.1, -0.05) is 57.2 Å². The van der Waals surface area contributed by atoms with E-state index in [-0.39, 0.29) is 23.9 Å². The lowest BCUT2D eigenvalue weighted by atomic mass is 9.86. The Balaban J connectivity index is 1.88. The van der Waals surface area contributed by atoms with Crippen LogP contribution >= 0.6 is 0 Å². The first-order valence-corrected chi connectivity index (χ1v) is 11.5. The molecule has 0 saturated carbocycles. The number of carbonyl (C=O) groups excluding carboxylic acids is 1. The summed E-state index contributed by atoms with van der Waals surface area (Å²) in [5, 5.41) is 2.92. The van der Waals surface area contributed by atoms with Gasteiger partial charge in [-0.05, 0) is 35.6 Å². The van der Waals surface area contributed by atoms with Gasteiger partial charge in [0.1, 0.15) is 5.75 Å². The summed E-state index contributed by atoms with van der Waals surface area (Å²) in [5.74, 6) is 0.0442. The molecule has 0 fully saturated rings. The van der Waals surface area contributed by atoms with Gasteiger partial charge in [-0.3, -0.25) is 9.10 Å². The second-order valence-corrected chi connectivity index (χ2v) is 10.4. The highest BCUT2D eigenvalue weighted by Crippen LogP contribution is 2.38. The van der Waals surface area contributed by atoms with E-state index in [1.54, 1.807) is 6.07 Å². The predicted molar refractivity (Wildman–Crippen MR) is 115 cm³/mol. The summed E-state index contributed by atoms with van der Waals surface area (Å²) in [6.07, 6.45) is 0.219. The monoisotopic (exact) mass is 416 g/mol. The van der Waals surface area contributed by atoms with E-state index in [2.05, 4.69) is 26.1 Å².